The molecule has 1 heterocycles. The molecule has 0 saturated carbocycles. The molecule has 1 aliphatic rings. The highest BCUT2D eigenvalue weighted by molar-refractivity contribution is 6.17. The first kappa shape index (κ1) is 18.1. The summed E-state index contributed by atoms with van der Waals surface area (Å²) >= 11 is 6.00. The molecular weight excluding hydrogens is 336 g/mol. The number of methoxy groups -OCH3 is 1. The van der Waals surface area contributed by atoms with E-state index in [0.29, 0.717) is 35.3 Å². The average molecular weight is 355 g/mol. The Morgan fingerprint density at radius 2 is 2.08 bits per heavy atom. The number of fused-ring (bicyclic) bond motifs is 1. The van der Waals surface area contributed by atoms with Gasteiger partial charge >= 0.3 is 11.9 Å². The molecule has 1 aromatic carbocycles. The Hall–Kier alpha value is -2.21. The second-order valence-electron chi connectivity index (χ2n) is 5.55. The maximum atomic E-state index is 11.9. The van der Waals surface area contributed by atoms with E-state index in [4.69, 9.17) is 26.2 Å². The Balaban J connectivity index is 2.42. The molecule has 0 aromatic heterocycles. The SMILES string of the molecule is COc1c(C/C=C(\C)CCC(=O)O)c(O)c2c(c1CCl)COC2=O. The minimum absolute atomic E-state index is 0.0366. The van der Waals surface area contributed by atoms with Gasteiger partial charge in [0.1, 0.15) is 23.7 Å². The monoisotopic (exact) mass is 354 g/mol. The van der Waals surface area contributed by atoms with E-state index in [-0.39, 0.29) is 30.2 Å². The first-order valence-corrected chi connectivity index (χ1v) is 7.98. The fraction of sp³-hybridized carbons (Fsp3) is 0.412. The van der Waals surface area contributed by atoms with Gasteiger partial charge in [-0.15, -0.1) is 11.6 Å². The van der Waals surface area contributed by atoms with Crippen molar-refractivity contribution in [3.8, 4) is 11.5 Å². The van der Waals surface area contributed by atoms with Gasteiger partial charge < -0.3 is 19.7 Å². The van der Waals surface area contributed by atoms with Gasteiger partial charge in [-0.2, -0.15) is 0 Å². The van der Waals surface area contributed by atoms with Crippen LogP contribution in [0.5, 0.6) is 11.5 Å². The Morgan fingerprint density at radius 1 is 1.38 bits per heavy atom. The lowest BCUT2D eigenvalue weighted by molar-refractivity contribution is -0.136. The number of carbonyl (C=O) groups is 2. The van der Waals surface area contributed by atoms with Crippen LogP contribution in [0.1, 0.15) is 46.8 Å². The quantitative estimate of drug-likeness (QED) is 0.444. The number of esters is 1. The normalized spacial score (nSPS) is 13.6. The first-order valence-electron chi connectivity index (χ1n) is 7.44. The van der Waals surface area contributed by atoms with E-state index in [1.54, 1.807) is 0 Å². The van der Waals surface area contributed by atoms with Gasteiger partial charge in [-0.1, -0.05) is 11.6 Å². The van der Waals surface area contributed by atoms with Gasteiger partial charge in [0, 0.05) is 23.1 Å². The molecule has 0 aliphatic carbocycles. The van der Waals surface area contributed by atoms with Gasteiger partial charge in [0.15, 0.2) is 0 Å². The van der Waals surface area contributed by atoms with Gasteiger partial charge in [0.2, 0.25) is 0 Å². The number of carbonyl (C=O) groups excluding carboxylic acids is 1. The van der Waals surface area contributed by atoms with Crippen LogP contribution in [0.3, 0.4) is 0 Å². The van der Waals surface area contributed by atoms with Gasteiger partial charge in [-0.25, -0.2) is 4.79 Å². The summed E-state index contributed by atoms with van der Waals surface area (Å²) in [7, 11) is 1.47. The minimum Gasteiger partial charge on any atom is -0.507 e. The summed E-state index contributed by atoms with van der Waals surface area (Å²) in [5.41, 5.74) is 2.64. The molecule has 7 heteroatoms. The maximum Gasteiger partial charge on any atom is 0.342 e. The van der Waals surface area contributed by atoms with Crippen LogP contribution in [-0.2, 0) is 28.4 Å². The number of hydrogen-bond acceptors (Lipinski definition) is 5. The zero-order chi connectivity index (χ0) is 17.9. The minimum atomic E-state index is -0.868. The average Bonchev–Trinajstić information content (AvgIpc) is 2.93. The van der Waals surface area contributed by atoms with Crippen molar-refractivity contribution in [2.24, 2.45) is 0 Å². The van der Waals surface area contributed by atoms with E-state index in [0.717, 1.165) is 5.57 Å². The molecule has 1 aromatic rings. The molecule has 6 nitrogen and oxygen atoms in total. The van der Waals surface area contributed by atoms with Crippen LogP contribution in [0.4, 0.5) is 0 Å². The van der Waals surface area contributed by atoms with Crippen molar-refractivity contribution < 1.29 is 29.3 Å². The number of carboxylic acids is 1. The molecular formula is C17H19ClO6. The molecule has 24 heavy (non-hydrogen) atoms. The number of ether oxygens (including phenoxy) is 2. The molecule has 0 bridgehead atoms. The number of alkyl halides is 1. The highest BCUT2D eigenvalue weighted by atomic mass is 35.5. The molecule has 0 amide bonds. The van der Waals surface area contributed by atoms with Crippen LogP contribution in [0.15, 0.2) is 11.6 Å². The van der Waals surface area contributed by atoms with Gasteiger partial charge in [-0.05, 0) is 19.8 Å². The lowest BCUT2D eigenvalue weighted by Crippen LogP contribution is -2.04. The maximum absolute atomic E-state index is 11.9. The lowest BCUT2D eigenvalue weighted by Gasteiger charge is -2.16. The summed E-state index contributed by atoms with van der Waals surface area (Å²) in [4.78, 5) is 22.5. The number of aromatic hydroxyl groups is 1. The van der Waals surface area contributed by atoms with Crippen molar-refractivity contribution >= 4 is 23.5 Å². The fourth-order valence-corrected chi connectivity index (χ4v) is 3.00. The van der Waals surface area contributed by atoms with E-state index in [1.165, 1.54) is 7.11 Å². The zero-order valence-corrected chi connectivity index (χ0v) is 14.3. The molecule has 0 saturated heterocycles. The van der Waals surface area contributed by atoms with Crippen molar-refractivity contribution in [1.29, 1.82) is 0 Å². The van der Waals surface area contributed by atoms with E-state index in [9.17, 15) is 14.7 Å². The van der Waals surface area contributed by atoms with E-state index in [2.05, 4.69) is 0 Å². The number of aliphatic carboxylic acids is 1. The van der Waals surface area contributed by atoms with Crippen LogP contribution in [0, 0.1) is 0 Å². The molecule has 0 atom stereocenters. The lowest BCUT2D eigenvalue weighted by atomic mass is 9.94. The van der Waals surface area contributed by atoms with E-state index >= 15 is 0 Å². The van der Waals surface area contributed by atoms with Crippen molar-refractivity contribution in [3.63, 3.8) is 0 Å². The van der Waals surface area contributed by atoms with Gasteiger partial charge in [0.05, 0.1) is 13.0 Å². The number of benzene rings is 1. The van der Waals surface area contributed by atoms with Crippen molar-refractivity contribution in [2.75, 3.05) is 7.11 Å². The first-order chi connectivity index (χ1) is 11.4. The number of hydrogen-bond donors (Lipinski definition) is 2. The number of phenolic OH excluding ortho intramolecular Hbond substituents is 1. The molecule has 0 spiro atoms. The van der Waals surface area contributed by atoms with Crippen LogP contribution >= 0.6 is 11.6 Å². The fourth-order valence-electron chi connectivity index (χ4n) is 2.72. The summed E-state index contributed by atoms with van der Waals surface area (Å²) in [6.07, 6.45) is 2.55. The summed E-state index contributed by atoms with van der Waals surface area (Å²) in [5, 5.41) is 19.2. The van der Waals surface area contributed by atoms with Crippen LogP contribution in [0.25, 0.3) is 0 Å². The molecule has 130 valence electrons. The molecule has 0 fully saturated rings. The number of cyclic esters (lactones) is 1. The summed E-state index contributed by atoms with van der Waals surface area (Å²) in [5.74, 6) is -1.06. The third-order valence-electron chi connectivity index (χ3n) is 4.01. The van der Waals surface area contributed by atoms with Crippen molar-refractivity contribution in [1.82, 2.24) is 0 Å². The standard InChI is InChI=1S/C17H19ClO6/c1-9(4-6-13(19)20)3-5-10-15(21)14-12(8-24-17(14)22)11(7-18)16(10)23-2/h3,21H,4-8H2,1-2H3,(H,19,20)/b9-3+. The number of rotatable bonds is 7. The van der Waals surface area contributed by atoms with Crippen LogP contribution < -0.4 is 4.74 Å². The molecule has 2 rings (SSSR count). The Labute approximate surface area is 144 Å². The van der Waals surface area contributed by atoms with Gasteiger partial charge in [0.25, 0.3) is 0 Å². The molecule has 0 unspecified atom stereocenters. The van der Waals surface area contributed by atoms with Crippen LogP contribution in [0.2, 0.25) is 0 Å². The summed E-state index contributed by atoms with van der Waals surface area (Å²) in [6.45, 7) is 1.88. The second kappa shape index (κ2) is 7.57. The third kappa shape index (κ3) is 3.48. The second-order valence-corrected chi connectivity index (χ2v) is 5.82. The summed E-state index contributed by atoms with van der Waals surface area (Å²) < 4.78 is 10.4. The number of carboxylic acid groups (broad SMARTS) is 1. The Kier molecular flexibility index (Phi) is 5.72. The van der Waals surface area contributed by atoms with E-state index in [1.807, 2.05) is 13.0 Å². The smallest absolute Gasteiger partial charge is 0.342 e. The third-order valence-corrected chi connectivity index (χ3v) is 4.28. The molecule has 2 N–H and O–H groups in total. The Bertz CT molecular complexity index is 708. The van der Waals surface area contributed by atoms with Gasteiger partial charge in [-0.3, -0.25) is 4.79 Å². The molecule has 1 aliphatic heterocycles. The number of phenols is 1. The largest absolute Gasteiger partial charge is 0.507 e. The van der Waals surface area contributed by atoms with Crippen molar-refractivity contribution in [2.45, 2.75) is 38.7 Å². The van der Waals surface area contributed by atoms with E-state index < -0.39 is 11.9 Å². The zero-order valence-electron chi connectivity index (χ0n) is 13.5. The highest BCUT2D eigenvalue weighted by Gasteiger charge is 2.32. The Morgan fingerprint density at radius 3 is 2.67 bits per heavy atom. The van der Waals surface area contributed by atoms with Crippen molar-refractivity contribution in [3.05, 3.63) is 33.9 Å². The molecule has 0 radical (unpaired) electrons. The number of halogens is 1. The topological polar surface area (TPSA) is 93.1 Å². The summed E-state index contributed by atoms with van der Waals surface area (Å²) in [6, 6.07) is 0. The number of allylic oxidation sites excluding steroid dienone is 2. The predicted octanol–water partition coefficient (Wildman–Crippen LogP) is 3.16. The van der Waals surface area contributed by atoms with Crippen LogP contribution in [-0.4, -0.2) is 29.3 Å². The predicted molar refractivity (Wildman–Crippen MR) is 87.7 cm³/mol. The highest BCUT2D eigenvalue weighted by Crippen LogP contribution is 2.43.